The molecule has 1 aromatic rings. The summed E-state index contributed by atoms with van der Waals surface area (Å²) >= 11 is 0. The van der Waals surface area contributed by atoms with E-state index in [4.69, 9.17) is 0 Å². The van der Waals surface area contributed by atoms with Crippen molar-refractivity contribution in [1.29, 1.82) is 0 Å². The highest BCUT2D eigenvalue weighted by molar-refractivity contribution is 5.84. The summed E-state index contributed by atoms with van der Waals surface area (Å²) < 4.78 is 0. The van der Waals surface area contributed by atoms with E-state index in [9.17, 15) is 4.79 Å². The van der Waals surface area contributed by atoms with Gasteiger partial charge in [0, 0.05) is 6.54 Å². The van der Waals surface area contributed by atoms with Gasteiger partial charge in [0.05, 0.1) is 6.04 Å². The van der Waals surface area contributed by atoms with Crippen molar-refractivity contribution in [2.24, 2.45) is 11.3 Å². The molecular formula is C18H28N2O. The molecule has 1 aliphatic heterocycles. The van der Waals surface area contributed by atoms with Gasteiger partial charge < -0.3 is 4.90 Å². The maximum Gasteiger partial charge on any atom is 0.241 e. The van der Waals surface area contributed by atoms with Gasteiger partial charge in [-0.2, -0.15) is 0 Å². The molecule has 1 N–H and O–H groups in total. The molecule has 3 atom stereocenters. The Balaban J connectivity index is 2.28. The van der Waals surface area contributed by atoms with E-state index < -0.39 is 0 Å². The van der Waals surface area contributed by atoms with Gasteiger partial charge in [-0.1, -0.05) is 52.0 Å². The van der Waals surface area contributed by atoms with Crippen LogP contribution in [0.15, 0.2) is 24.3 Å². The summed E-state index contributed by atoms with van der Waals surface area (Å²) in [6, 6.07) is 8.20. The third kappa shape index (κ3) is 3.29. The van der Waals surface area contributed by atoms with Crippen molar-refractivity contribution in [1.82, 2.24) is 10.2 Å². The highest BCUT2D eigenvalue weighted by Crippen LogP contribution is 2.32. The summed E-state index contributed by atoms with van der Waals surface area (Å²) in [6.45, 7) is 13.8. The second kappa shape index (κ2) is 5.80. The summed E-state index contributed by atoms with van der Waals surface area (Å²) in [5.74, 6) is 0.652. The van der Waals surface area contributed by atoms with Crippen LogP contribution in [0, 0.1) is 18.3 Å². The van der Waals surface area contributed by atoms with Crippen LogP contribution in [0.4, 0.5) is 0 Å². The van der Waals surface area contributed by atoms with E-state index in [0.717, 1.165) is 6.54 Å². The van der Waals surface area contributed by atoms with Crippen LogP contribution in [-0.4, -0.2) is 23.4 Å². The second-order valence-electron chi connectivity index (χ2n) is 7.41. The lowest BCUT2D eigenvalue weighted by Gasteiger charge is -2.34. The predicted molar refractivity (Wildman–Crippen MR) is 86.8 cm³/mol. The Morgan fingerprint density at radius 1 is 1.29 bits per heavy atom. The zero-order valence-corrected chi connectivity index (χ0v) is 14.1. The first kappa shape index (κ1) is 16.0. The highest BCUT2D eigenvalue weighted by atomic mass is 16.2. The molecule has 1 aliphatic rings. The fraction of sp³-hybridized carbons (Fsp3) is 0.611. The molecule has 1 fully saturated rings. The molecule has 116 valence electrons. The lowest BCUT2D eigenvalue weighted by atomic mass is 9.81. The van der Waals surface area contributed by atoms with E-state index in [1.807, 2.05) is 24.0 Å². The maximum absolute atomic E-state index is 12.5. The van der Waals surface area contributed by atoms with Crippen LogP contribution in [0.1, 0.15) is 51.9 Å². The first-order valence-corrected chi connectivity index (χ1v) is 7.84. The van der Waals surface area contributed by atoms with Crippen LogP contribution in [0.3, 0.4) is 0 Å². The van der Waals surface area contributed by atoms with Crippen molar-refractivity contribution in [3.8, 4) is 0 Å². The first-order chi connectivity index (χ1) is 9.71. The number of amides is 1. The molecule has 3 unspecified atom stereocenters. The zero-order chi connectivity index (χ0) is 15.8. The van der Waals surface area contributed by atoms with Crippen molar-refractivity contribution >= 4 is 5.91 Å². The highest BCUT2D eigenvalue weighted by Gasteiger charge is 2.39. The van der Waals surface area contributed by atoms with Crippen molar-refractivity contribution in [2.45, 2.75) is 53.8 Å². The molecule has 1 saturated heterocycles. The van der Waals surface area contributed by atoms with Crippen LogP contribution in [-0.2, 0) is 4.79 Å². The average molecular weight is 288 g/mol. The van der Waals surface area contributed by atoms with Gasteiger partial charge in [0.25, 0.3) is 0 Å². The van der Waals surface area contributed by atoms with Gasteiger partial charge in [0.2, 0.25) is 5.91 Å². The number of carbonyl (C=O) groups is 1. The maximum atomic E-state index is 12.5. The summed E-state index contributed by atoms with van der Waals surface area (Å²) in [4.78, 5) is 14.5. The Morgan fingerprint density at radius 3 is 2.48 bits per heavy atom. The Morgan fingerprint density at radius 2 is 1.90 bits per heavy atom. The zero-order valence-electron chi connectivity index (χ0n) is 14.1. The summed E-state index contributed by atoms with van der Waals surface area (Å²) in [7, 11) is 0. The Labute approximate surface area is 128 Å². The minimum Gasteiger partial charge on any atom is -0.321 e. The lowest BCUT2D eigenvalue weighted by molar-refractivity contribution is -0.130. The van der Waals surface area contributed by atoms with Gasteiger partial charge in [-0.05, 0) is 36.3 Å². The molecule has 1 amide bonds. The van der Waals surface area contributed by atoms with Crippen LogP contribution in [0.25, 0.3) is 0 Å². The molecular weight excluding hydrogens is 260 g/mol. The number of benzene rings is 1. The largest absolute Gasteiger partial charge is 0.321 e. The fourth-order valence-electron chi connectivity index (χ4n) is 2.69. The van der Waals surface area contributed by atoms with E-state index in [0.29, 0.717) is 5.92 Å². The van der Waals surface area contributed by atoms with Gasteiger partial charge in [-0.25, -0.2) is 0 Å². The van der Waals surface area contributed by atoms with E-state index in [2.05, 4.69) is 52.1 Å². The third-order valence-electron chi connectivity index (χ3n) is 4.81. The van der Waals surface area contributed by atoms with Crippen LogP contribution >= 0.6 is 0 Å². The van der Waals surface area contributed by atoms with Crippen molar-refractivity contribution in [3.63, 3.8) is 0 Å². The number of nitrogens with zero attached hydrogens (tertiary/aromatic N) is 1. The predicted octanol–water partition coefficient (Wildman–Crippen LogP) is 3.50. The fourth-order valence-corrected chi connectivity index (χ4v) is 2.69. The minimum absolute atomic E-state index is 0.00139. The summed E-state index contributed by atoms with van der Waals surface area (Å²) in [5.41, 5.74) is 2.63. The van der Waals surface area contributed by atoms with Crippen molar-refractivity contribution in [2.75, 3.05) is 6.54 Å². The van der Waals surface area contributed by atoms with Crippen molar-refractivity contribution < 1.29 is 4.79 Å². The number of carbonyl (C=O) groups excluding carboxylic acids is 1. The van der Waals surface area contributed by atoms with E-state index in [1.54, 1.807) is 0 Å². The van der Waals surface area contributed by atoms with Gasteiger partial charge in [-0.15, -0.1) is 0 Å². The quantitative estimate of drug-likeness (QED) is 0.923. The average Bonchev–Trinajstić information content (AvgIpc) is 2.66. The Hall–Kier alpha value is -1.35. The van der Waals surface area contributed by atoms with E-state index in [1.165, 1.54) is 11.1 Å². The number of hydrogen-bond donors (Lipinski definition) is 1. The molecule has 0 bridgehead atoms. The van der Waals surface area contributed by atoms with Gasteiger partial charge in [0.1, 0.15) is 6.17 Å². The topological polar surface area (TPSA) is 32.3 Å². The summed E-state index contributed by atoms with van der Waals surface area (Å²) in [5, 5.41) is 3.44. The van der Waals surface area contributed by atoms with Gasteiger partial charge in [0.15, 0.2) is 0 Å². The monoisotopic (exact) mass is 288 g/mol. The molecule has 2 rings (SSSR count). The Bertz CT molecular complexity index is 518. The molecule has 3 nitrogen and oxygen atoms in total. The molecule has 21 heavy (non-hydrogen) atoms. The SMILES string of the molecule is Cc1ccccc1C1NC(C)C(=O)N1CC(C)C(C)(C)C. The van der Waals surface area contributed by atoms with Crippen LogP contribution in [0.5, 0.6) is 0 Å². The smallest absolute Gasteiger partial charge is 0.241 e. The molecule has 1 heterocycles. The molecule has 0 aromatic heterocycles. The molecule has 3 heteroatoms. The van der Waals surface area contributed by atoms with Crippen molar-refractivity contribution in [3.05, 3.63) is 35.4 Å². The minimum atomic E-state index is -0.109. The van der Waals surface area contributed by atoms with Gasteiger partial charge >= 0.3 is 0 Å². The number of nitrogens with one attached hydrogen (secondary N) is 1. The van der Waals surface area contributed by atoms with Crippen LogP contribution < -0.4 is 5.32 Å². The molecule has 1 aromatic carbocycles. The first-order valence-electron chi connectivity index (χ1n) is 7.84. The molecule has 0 spiro atoms. The van der Waals surface area contributed by atoms with E-state index in [-0.39, 0.29) is 23.5 Å². The number of hydrogen-bond acceptors (Lipinski definition) is 2. The Kier molecular flexibility index (Phi) is 4.43. The number of rotatable bonds is 3. The standard InChI is InChI=1S/C18H28N2O/c1-12-9-7-8-10-15(12)16-19-14(3)17(21)20(16)11-13(2)18(4,5)6/h7-10,13-14,16,19H,11H2,1-6H3. The summed E-state index contributed by atoms with van der Waals surface area (Å²) in [6.07, 6.45) is -0.00139. The lowest BCUT2D eigenvalue weighted by Crippen LogP contribution is -2.38. The van der Waals surface area contributed by atoms with E-state index >= 15 is 0 Å². The second-order valence-corrected chi connectivity index (χ2v) is 7.41. The number of aryl methyl sites for hydroxylation is 1. The molecule has 0 radical (unpaired) electrons. The van der Waals surface area contributed by atoms with Gasteiger partial charge in [-0.3, -0.25) is 10.1 Å². The normalized spacial score (nSPS) is 24.5. The third-order valence-corrected chi connectivity index (χ3v) is 4.81. The molecule has 0 aliphatic carbocycles. The van der Waals surface area contributed by atoms with Crippen LogP contribution in [0.2, 0.25) is 0 Å². The molecule has 0 saturated carbocycles.